The maximum atomic E-state index is 12.5. The molecule has 0 radical (unpaired) electrons. The van der Waals surface area contributed by atoms with Crippen LogP contribution >= 0.6 is 0 Å². The Labute approximate surface area is 133 Å². The summed E-state index contributed by atoms with van der Waals surface area (Å²) >= 11 is 0. The molecule has 2 aliphatic heterocycles. The van der Waals surface area contributed by atoms with E-state index < -0.39 is 0 Å². The zero-order valence-electron chi connectivity index (χ0n) is 13.7. The van der Waals surface area contributed by atoms with Crippen molar-refractivity contribution >= 4 is 11.8 Å². The summed E-state index contributed by atoms with van der Waals surface area (Å²) in [6.45, 7) is 5.57. The predicted molar refractivity (Wildman–Crippen MR) is 88.5 cm³/mol. The molecule has 22 heavy (non-hydrogen) atoms. The van der Waals surface area contributed by atoms with Crippen LogP contribution in [0.25, 0.3) is 0 Å². The van der Waals surface area contributed by atoms with Crippen molar-refractivity contribution in [2.75, 3.05) is 38.2 Å². The number of para-hydroxylation sites is 1. The van der Waals surface area contributed by atoms with Crippen molar-refractivity contribution in [3.8, 4) is 0 Å². The minimum atomic E-state index is -0.184. The second kappa shape index (κ2) is 6.29. The maximum absolute atomic E-state index is 12.5. The average Bonchev–Trinajstić information content (AvgIpc) is 2.86. The van der Waals surface area contributed by atoms with Crippen molar-refractivity contribution in [1.29, 1.82) is 0 Å². The highest BCUT2D eigenvalue weighted by Gasteiger charge is 2.46. The number of benzene rings is 1. The lowest BCUT2D eigenvalue weighted by atomic mass is 9.74. The highest BCUT2D eigenvalue weighted by atomic mass is 16.6. The summed E-state index contributed by atoms with van der Waals surface area (Å²) in [4.78, 5) is 16.7. The summed E-state index contributed by atoms with van der Waals surface area (Å²) in [5, 5.41) is 0. The number of nitrogens with zero attached hydrogens (tertiary/aromatic N) is 2. The Kier molecular flexibility index (Phi) is 4.39. The number of hydrogen-bond donors (Lipinski definition) is 0. The normalized spacial score (nSPS) is 20.2. The van der Waals surface area contributed by atoms with Crippen molar-refractivity contribution in [2.24, 2.45) is 0 Å². The van der Waals surface area contributed by atoms with Crippen LogP contribution in [0.5, 0.6) is 0 Å². The quantitative estimate of drug-likeness (QED) is 0.802. The first-order chi connectivity index (χ1) is 10.7. The van der Waals surface area contributed by atoms with Crippen molar-refractivity contribution in [1.82, 2.24) is 4.90 Å². The van der Waals surface area contributed by atoms with Crippen LogP contribution in [0.15, 0.2) is 24.3 Å². The van der Waals surface area contributed by atoms with Crippen molar-refractivity contribution in [2.45, 2.75) is 38.0 Å². The number of carbonyl (C=O) groups excluding carboxylic acids is 1. The van der Waals surface area contributed by atoms with E-state index in [2.05, 4.69) is 37.1 Å². The Morgan fingerprint density at radius 2 is 2.00 bits per heavy atom. The largest absolute Gasteiger partial charge is 0.449 e. The topological polar surface area (TPSA) is 32.8 Å². The Morgan fingerprint density at radius 3 is 2.73 bits per heavy atom. The van der Waals surface area contributed by atoms with E-state index in [1.165, 1.54) is 5.56 Å². The molecule has 0 bridgehead atoms. The van der Waals surface area contributed by atoms with E-state index in [9.17, 15) is 4.79 Å². The molecule has 1 aromatic rings. The van der Waals surface area contributed by atoms with Gasteiger partial charge in [0.2, 0.25) is 0 Å². The number of carbonyl (C=O) groups is 1. The third-order valence-electron chi connectivity index (χ3n) is 5.11. The first kappa shape index (κ1) is 15.3. The molecule has 2 heterocycles. The van der Waals surface area contributed by atoms with Gasteiger partial charge >= 0.3 is 6.09 Å². The van der Waals surface area contributed by atoms with Gasteiger partial charge in [0, 0.05) is 12.0 Å². The molecule has 0 unspecified atom stereocenters. The molecule has 1 fully saturated rings. The fraction of sp³-hybridized carbons (Fsp3) is 0.611. The van der Waals surface area contributed by atoms with E-state index in [0.29, 0.717) is 6.61 Å². The number of rotatable bonds is 3. The molecule has 0 aliphatic carbocycles. The van der Waals surface area contributed by atoms with Crippen molar-refractivity contribution in [3.05, 3.63) is 29.8 Å². The van der Waals surface area contributed by atoms with Crippen LogP contribution in [0.4, 0.5) is 10.5 Å². The lowest BCUT2D eigenvalue weighted by molar-refractivity contribution is 0.148. The predicted octanol–water partition coefficient (Wildman–Crippen LogP) is 3.41. The summed E-state index contributed by atoms with van der Waals surface area (Å²) in [6, 6.07) is 8.35. The van der Waals surface area contributed by atoms with E-state index in [0.717, 1.165) is 51.0 Å². The van der Waals surface area contributed by atoms with Crippen LogP contribution in [0.2, 0.25) is 0 Å². The van der Waals surface area contributed by atoms with Gasteiger partial charge < -0.3 is 9.64 Å². The number of likely N-dealkylation sites (tertiary alicyclic amines) is 1. The van der Waals surface area contributed by atoms with E-state index in [4.69, 9.17) is 4.74 Å². The summed E-state index contributed by atoms with van der Waals surface area (Å²) in [6.07, 6.45) is 4.01. The number of fused-ring (bicyclic) bond motifs is 2. The van der Waals surface area contributed by atoms with Gasteiger partial charge in [0.15, 0.2) is 0 Å². The highest BCUT2D eigenvalue weighted by molar-refractivity contribution is 5.91. The lowest BCUT2D eigenvalue weighted by Gasteiger charge is -2.38. The Morgan fingerprint density at radius 1 is 1.27 bits per heavy atom. The number of amides is 1. The molecule has 4 heteroatoms. The molecular formula is C18H26N2O2. The van der Waals surface area contributed by atoms with Gasteiger partial charge in [0.25, 0.3) is 0 Å². The first-order valence-electron chi connectivity index (χ1n) is 8.39. The summed E-state index contributed by atoms with van der Waals surface area (Å²) in [5.74, 6) is 0. The van der Waals surface area contributed by atoms with Crippen molar-refractivity contribution < 1.29 is 9.53 Å². The second-order valence-corrected chi connectivity index (χ2v) is 6.65. The summed E-state index contributed by atoms with van der Waals surface area (Å²) in [5.41, 5.74) is 2.50. The fourth-order valence-electron chi connectivity index (χ4n) is 3.65. The third kappa shape index (κ3) is 2.72. The average molecular weight is 302 g/mol. The Hall–Kier alpha value is -1.55. The molecule has 0 atom stereocenters. The van der Waals surface area contributed by atoms with Crippen LogP contribution in [0.3, 0.4) is 0 Å². The molecule has 0 N–H and O–H groups in total. The lowest BCUT2D eigenvalue weighted by Crippen LogP contribution is -2.45. The van der Waals surface area contributed by atoms with Gasteiger partial charge in [-0.2, -0.15) is 0 Å². The Bertz CT molecular complexity index is 536. The van der Waals surface area contributed by atoms with Gasteiger partial charge in [0.05, 0.1) is 12.3 Å². The molecular weight excluding hydrogens is 276 g/mol. The summed E-state index contributed by atoms with van der Waals surface area (Å²) < 4.78 is 5.45. The number of ether oxygens (including phenoxy) is 1. The van der Waals surface area contributed by atoms with E-state index in [-0.39, 0.29) is 11.5 Å². The second-order valence-electron chi connectivity index (χ2n) is 6.65. The van der Waals surface area contributed by atoms with Crippen molar-refractivity contribution in [3.63, 3.8) is 0 Å². The van der Waals surface area contributed by atoms with E-state index in [1.807, 2.05) is 11.0 Å². The van der Waals surface area contributed by atoms with Gasteiger partial charge in [-0.05, 0) is 51.0 Å². The molecule has 0 saturated carbocycles. The van der Waals surface area contributed by atoms with Crippen LogP contribution in [0.1, 0.15) is 38.2 Å². The smallest absolute Gasteiger partial charge is 0.414 e. The number of hydrogen-bond acceptors (Lipinski definition) is 3. The van der Waals surface area contributed by atoms with Crippen LogP contribution in [-0.2, 0) is 10.2 Å². The third-order valence-corrected chi connectivity index (χ3v) is 5.11. The zero-order chi connectivity index (χ0) is 15.6. The fourth-order valence-corrected chi connectivity index (χ4v) is 3.65. The number of unbranched alkanes of at least 4 members (excludes halogenated alkanes) is 1. The molecule has 120 valence electrons. The molecule has 4 nitrogen and oxygen atoms in total. The van der Waals surface area contributed by atoms with Gasteiger partial charge in [-0.25, -0.2) is 4.79 Å². The molecule has 3 rings (SSSR count). The molecule has 1 saturated heterocycles. The van der Waals surface area contributed by atoms with Gasteiger partial charge in [0.1, 0.15) is 0 Å². The molecule has 0 aromatic heterocycles. The van der Waals surface area contributed by atoms with Gasteiger partial charge in [-0.1, -0.05) is 31.5 Å². The molecule has 1 spiro atoms. The van der Waals surface area contributed by atoms with Gasteiger partial charge in [-0.15, -0.1) is 0 Å². The van der Waals surface area contributed by atoms with E-state index in [1.54, 1.807) is 0 Å². The SMILES string of the molecule is CCCCOC(=O)N1CC2(CCN(C)CC2)c2ccccc21. The van der Waals surface area contributed by atoms with E-state index >= 15 is 0 Å². The van der Waals surface area contributed by atoms with Gasteiger partial charge in [-0.3, -0.25) is 4.90 Å². The van der Waals surface area contributed by atoms with Crippen LogP contribution in [0, 0.1) is 0 Å². The molecule has 1 amide bonds. The molecule has 2 aliphatic rings. The Balaban J connectivity index is 1.81. The first-order valence-corrected chi connectivity index (χ1v) is 8.39. The number of anilines is 1. The zero-order valence-corrected chi connectivity index (χ0v) is 13.7. The maximum Gasteiger partial charge on any atom is 0.414 e. The minimum absolute atomic E-state index is 0.118. The standard InChI is InChI=1S/C18H26N2O2/c1-3-4-13-22-17(21)20-14-18(9-11-19(2)12-10-18)15-7-5-6-8-16(15)20/h5-8H,3-4,9-14H2,1-2H3. The van der Waals surface area contributed by atoms with Crippen LogP contribution in [-0.4, -0.2) is 44.3 Å². The van der Waals surface area contributed by atoms with Crippen LogP contribution < -0.4 is 4.90 Å². The monoisotopic (exact) mass is 302 g/mol. The summed E-state index contributed by atoms with van der Waals surface area (Å²) in [7, 11) is 2.17. The highest BCUT2D eigenvalue weighted by Crippen LogP contribution is 2.46. The number of piperidine rings is 1. The minimum Gasteiger partial charge on any atom is -0.449 e. The molecule has 1 aromatic carbocycles.